The molecule has 1 N–H and O–H groups in total. The van der Waals surface area contributed by atoms with Gasteiger partial charge in [0.1, 0.15) is 22.2 Å². The van der Waals surface area contributed by atoms with Crippen LogP contribution in [0.25, 0.3) is 0 Å². The standard InChI is InChI=1S/C11H8F2N2O2S/c12-9-4-1-5-10(13)11(9)15-18(16,17)8-3-2-6-14-7-8/h1-7,15H. The van der Waals surface area contributed by atoms with Crippen molar-refractivity contribution in [2.75, 3.05) is 4.72 Å². The molecule has 7 heteroatoms. The number of halogens is 2. The molecule has 18 heavy (non-hydrogen) atoms. The van der Waals surface area contributed by atoms with Gasteiger partial charge in [-0.3, -0.25) is 9.71 Å². The van der Waals surface area contributed by atoms with Crippen LogP contribution < -0.4 is 4.72 Å². The largest absolute Gasteiger partial charge is 0.274 e. The van der Waals surface area contributed by atoms with Crippen molar-refractivity contribution < 1.29 is 17.2 Å². The first kappa shape index (κ1) is 12.4. The van der Waals surface area contributed by atoms with Crippen LogP contribution in [-0.2, 0) is 10.0 Å². The SMILES string of the molecule is O=S(=O)(Nc1c(F)cccc1F)c1cccnc1. The van der Waals surface area contributed by atoms with Gasteiger partial charge in [-0.1, -0.05) is 6.07 Å². The molecule has 0 aliphatic rings. The number of rotatable bonds is 3. The predicted molar refractivity (Wildman–Crippen MR) is 61.4 cm³/mol. The molecule has 0 aliphatic heterocycles. The lowest BCUT2D eigenvalue weighted by Gasteiger charge is -2.09. The van der Waals surface area contributed by atoms with Gasteiger partial charge >= 0.3 is 0 Å². The Morgan fingerprint density at radius 1 is 1.06 bits per heavy atom. The van der Waals surface area contributed by atoms with Gasteiger partial charge in [-0.05, 0) is 24.3 Å². The van der Waals surface area contributed by atoms with E-state index in [4.69, 9.17) is 0 Å². The van der Waals surface area contributed by atoms with Crippen molar-refractivity contribution in [3.8, 4) is 0 Å². The zero-order valence-electron chi connectivity index (χ0n) is 8.97. The Hall–Kier alpha value is -2.02. The summed E-state index contributed by atoms with van der Waals surface area (Å²) in [7, 11) is -4.05. The minimum Gasteiger partial charge on any atom is -0.274 e. The Morgan fingerprint density at radius 3 is 2.28 bits per heavy atom. The van der Waals surface area contributed by atoms with Gasteiger partial charge in [0.2, 0.25) is 0 Å². The molecule has 4 nitrogen and oxygen atoms in total. The molecule has 0 spiro atoms. The van der Waals surface area contributed by atoms with Gasteiger partial charge in [-0.15, -0.1) is 0 Å². The van der Waals surface area contributed by atoms with Gasteiger partial charge in [-0.2, -0.15) is 0 Å². The zero-order valence-corrected chi connectivity index (χ0v) is 9.79. The van der Waals surface area contributed by atoms with Gasteiger partial charge < -0.3 is 0 Å². The van der Waals surface area contributed by atoms with E-state index in [-0.39, 0.29) is 4.90 Å². The van der Waals surface area contributed by atoms with Crippen LogP contribution in [0.2, 0.25) is 0 Å². The topological polar surface area (TPSA) is 59.1 Å². The van der Waals surface area contributed by atoms with Crippen LogP contribution in [0.3, 0.4) is 0 Å². The molecule has 2 rings (SSSR count). The highest BCUT2D eigenvalue weighted by Gasteiger charge is 2.18. The molecule has 1 heterocycles. The molecule has 0 aliphatic carbocycles. The predicted octanol–water partition coefficient (Wildman–Crippen LogP) is 2.16. The Balaban J connectivity index is 2.41. The van der Waals surface area contributed by atoms with Crippen LogP contribution in [0.5, 0.6) is 0 Å². The second-order valence-corrected chi connectivity index (χ2v) is 5.07. The molecule has 1 aromatic heterocycles. The van der Waals surface area contributed by atoms with E-state index in [0.29, 0.717) is 0 Å². The van der Waals surface area contributed by atoms with Crippen molar-refractivity contribution in [3.63, 3.8) is 0 Å². The summed E-state index contributed by atoms with van der Waals surface area (Å²) in [5, 5.41) is 0. The summed E-state index contributed by atoms with van der Waals surface area (Å²) >= 11 is 0. The number of para-hydroxylation sites is 1. The summed E-state index contributed by atoms with van der Waals surface area (Å²) in [5.74, 6) is -1.97. The molecular weight excluding hydrogens is 262 g/mol. The first-order chi connectivity index (χ1) is 8.50. The summed E-state index contributed by atoms with van der Waals surface area (Å²) < 4.78 is 52.1. The third-order valence-corrected chi connectivity index (χ3v) is 3.48. The Morgan fingerprint density at radius 2 is 1.72 bits per heavy atom. The number of anilines is 1. The molecule has 1 aromatic carbocycles. The van der Waals surface area contributed by atoms with Crippen molar-refractivity contribution in [1.29, 1.82) is 0 Å². The molecule has 0 saturated heterocycles. The smallest absolute Gasteiger partial charge is 0.263 e. The fourth-order valence-electron chi connectivity index (χ4n) is 1.29. The third-order valence-electron chi connectivity index (χ3n) is 2.14. The van der Waals surface area contributed by atoms with Crippen molar-refractivity contribution in [2.24, 2.45) is 0 Å². The number of benzene rings is 1. The first-order valence-corrected chi connectivity index (χ1v) is 6.36. The molecule has 2 aromatic rings. The lowest BCUT2D eigenvalue weighted by Crippen LogP contribution is -2.15. The maximum atomic E-state index is 13.3. The molecule has 0 amide bonds. The van der Waals surface area contributed by atoms with E-state index < -0.39 is 27.3 Å². The van der Waals surface area contributed by atoms with Crippen molar-refractivity contribution >= 4 is 15.7 Å². The van der Waals surface area contributed by atoms with Gasteiger partial charge in [-0.25, -0.2) is 17.2 Å². The maximum absolute atomic E-state index is 13.3. The maximum Gasteiger partial charge on any atom is 0.263 e. The number of hydrogen-bond acceptors (Lipinski definition) is 3. The second-order valence-electron chi connectivity index (χ2n) is 3.39. The first-order valence-electron chi connectivity index (χ1n) is 4.87. The summed E-state index contributed by atoms with van der Waals surface area (Å²) in [4.78, 5) is 3.46. The molecular formula is C11H8F2N2O2S. The van der Waals surface area contributed by atoms with Gasteiger partial charge in [0.25, 0.3) is 10.0 Å². The van der Waals surface area contributed by atoms with E-state index in [9.17, 15) is 17.2 Å². The molecule has 94 valence electrons. The monoisotopic (exact) mass is 270 g/mol. The van der Waals surface area contributed by atoms with Crippen LogP contribution in [-0.4, -0.2) is 13.4 Å². The Labute approximate surface area is 102 Å². The average molecular weight is 270 g/mol. The van der Waals surface area contributed by atoms with Crippen LogP contribution in [0.15, 0.2) is 47.6 Å². The fraction of sp³-hybridized carbons (Fsp3) is 0. The minimum absolute atomic E-state index is 0.173. The molecule has 0 unspecified atom stereocenters. The van der Waals surface area contributed by atoms with E-state index in [1.807, 2.05) is 4.72 Å². The molecule has 0 bridgehead atoms. The highest BCUT2D eigenvalue weighted by molar-refractivity contribution is 7.92. The average Bonchev–Trinajstić information content (AvgIpc) is 2.35. The summed E-state index contributed by atoms with van der Waals surface area (Å²) in [6.07, 6.45) is 2.48. The van der Waals surface area contributed by atoms with Gasteiger partial charge in [0, 0.05) is 12.4 Å². The van der Waals surface area contributed by atoms with Crippen molar-refractivity contribution in [1.82, 2.24) is 4.98 Å². The zero-order chi connectivity index (χ0) is 13.2. The summed E-state index contributed by atoms with van der Waals surface area (Å²) in [5.41, 5.74) is -0.707. The summed E-state index contributed by atoms with van der Waals surface area (Å²) in [6, 6.07) is 5.75. The third kappa shape index (κ3) is 2.45. The fourth-order valence-corrected chi connectivity index (χ4v) is 2.33. The van der Waals surface area contributed by atoms with E-state index in [1.165, 1.54) is 18.3 Å². The minimum atomic E-state index is -4.05. The number of aromatic nitrogens is 1. The number of nitrogens with zero attached hydrogens (tertiary/aromatic N) is 1. The second kappa shape index (κ2) is 4.69. The van der Waals surface area contributed by atoms with Gasteiger partial charge in [0.15, 0.2) is 0 Å². The van der Waals surface area contributed by atoms with Crippen molar-refractivity contribution in [2.45, 2.75) is 4.90 Å². The Bertz CT molecular complexity index is 640. The molecule has 0 fully saturated rings. The lowest BCUT2D eigenvalue weighted by atomic mass is 10.3. The van der Waals surface area contributed by atoms with Crippen LogP contribution >= 0.6 is 0 Å². The highest BCUT2D eigenvalue weighted by atomic mass is 32.2. The lowest BCUT2D eigenvalue weighted by molar-refractivity contribution is 0.582. The summed E-state index contributed by atoms with van der Waals surface area (Å²) in [6.45, 7) is 0. The molecule has 0 saturated carbocycles. The van der Waals surface area contributed by atoms with E-state index in [0.717, 1.165) is 24.4 Å². The number of hydrogen-bond donors (Lipinski definition) is 1. The van der Waals surface area contributed by atoms with Crippen LogP contribution in [0.1, 0.15) is 0 Å². The molecule has 0 radical (unpaired) electrons. The number of pyridine rings is 1. The van der Waals surface area contributed by atoms with E-state index in [2.05, 4.69) is 4.98 Å². The molecule has 0 atom stereocenters. The normalized spacial score (nSPS) is 11.2. The quantitative estimate of drug-likeness (QED) is 0.929. The van der Waals surface area contributed by atoms with Crippen LogP contribution in [0, 0.1) is 11.6 Å². The Kier molecular flexibility index (Phi) is 3.24. The number of sulfonamides is 1. The van der Waals surface area contributed by atoms with Crippen molar-refractivity contribution in [3.05, 3.63) is 54.4 Å². The van der Waals surface area contributed by atoms with E-state index in [1.54, 1.807) is 0 Å². The highest BCUT2D eigenvalue weighted by Crippen LogP contribution is 2.21. The number of nitrogens with one attached hydrogen (secondary N) is 1. The van der Waals surface area contributed by atoms with Crippen LogP contribution in [0.4, 0.5) is 14.5 Å². The van der Waals surface area contributed by atoms with Gasteiger partial charge in [0.05, 0.1) is 0 Å². The van der Waals surface area contributed by atoms with E-state index >= 15 is 0 Å².